The first-order chi connectivity index (χ1) is 8.29. The molecule has 1 aromatic heterocycles. The van der Waals surface area contributed by atoms with Crippen molar-refractivity contribution in [3.8, 4) is 5.75 Å². The Hall–Kier alpha value is -1.09. The van der Waals surface area contributed by atoms with Crippen molar-refractivity contribution in [3.05, 3.63) is 23.5 Å². The van der Waals surface area contributed by atoms with Crippen LogP contribution in [0.3, 0.4) is 0 Å². The fraction of sp³-hybridized carbons (Fsp3) is 0.643. The monoisotopic (exact) mass is 234 g/mol. The van der Waals surface area contributed by atoms with Crippen molar-refractivity contribution in [1.29, 1.82) is 0 Å². The molecule has 0 amide bonds. The molecule has 0 atom stereocenters. The zero-order valence-corrected chi connectivity index (χ0v) is 10.8. The molecule has 0 saturated heterocycles. The van der Waals surface area contributed by atoms with Crippen molar-refractivity contribution in [3.63, 3.8) is 0 Å². The van der Waals surface area contributed by atoms with Gasteiger partial charge in [-0.05, 0) is 38.6 Å². The standard InChI is InChI=1S/C14H22N2O/c1-3-6-15-8-13-9-16-11(2)7-14(13)17-10-12-4-5-12/h7,9,12,15H,3-6,8,10H2,1-2H3. The van der Waals surface area contributed by atoms with Crippen molar-refractivity contribution in [2.24, 2.45) is 5.92 Å². The van der Waals surface area contributed by atoms with E-state index >= 15 is 0 Å². The summed E-state index contributed by atoms with van der Waals surface area (Å²) < 4.78 is 5.89. The highest BCUT2D eigenvalue weighted by atomic mass is 16.5. The third-order valence-electron chi connectivity index (χ3n) is 2.99. The number of pyridine rings is 1. The fourth-order valence-corrected chi connectivity index (χ4v) is 1.72. The minimum absolute atomic E-state index is 0.792. The molecule has 3 heteroatoms. The second kappa shape index (κ2) is 6.01. The van der Waals surface area contributed by atoms with Gasteiger partial charge in [0.1, 0.15) is 5.75 Å². The smallest absolute Gasteiger partial charge is 0.127 e. The van der Waals surface area contributed by atoms with Crippen LogP contribution in [0.1, 0.15) is 37.4 Å². The van der Waals surface area contributed by atoms with Gasteiger partial charge >= 0.3 is 0 Å². The van der Waals surface area contributed by atoms with Crippen LogP contribution in [-0.2, 0) is 6.54 Å². The largest absolute Gasteiger partial charge is 0.493 e. The summed E-state index contributed by atoms with van der Waals surface area (Å²) in [5.41, 5.74) is 2.19. The number of nitrogens with one attached hydrogen (secondary N) is 1. The molecule has 0 aromatic carbocycles. The van der Waals surface area contributed by atoms with E-state index in [-0.39, 0.29) is 0 Å². The number of hydrogen-bond donors (Lipinski definition) is 1. The zero-order chi connectivity index (χ0) is 12.1. The summed E-state index contributed by atoms with van der Waals surface area (Å²) in [5.74, 6) is 1.80. The molecule has 94 valence electrons. The van der Waals surface area contributed by atoms with Crippen LogP contribution in [0.5, 0.6) is 5.75 Å². The Morgan fingerprint density at radius 1 is 1.47 bits per heavy atom. The van der Waals surface area contributed by atoms with Gasteiger partial charge in [-0.25, -0.2) is 0 Å². The third-order valence-corrected chi connectivity index (χ3v) is 2.99. The number of hydrogen-bond acceptors (Lipinski definition) is 3. The molecule has 0 radical (unpaired) electrons. The molecular formula is C14H22N2O. The maximum atomic E-state index is 5.89. The summed E-state index contributed by atoms with van der Waals surface area (Å²) in [5, 5.41) is 3.39. The first-order valence-corrected chi connectivity index (χ1v) is 6.58. The van der Waals surface area contributed by atoms with Crippen molar-refractivity contribution in [2.45, 2.75) is 39.7 Å². The Morgan fingerprint density at radius 2 is 2.29 bits per heavy atom. The van der Waals surface area contributed by atoms with Gasteiger partial charge in [0, 0.05) is 30.1 Å². The number of ether oxygens (including phenoxy) is 1. The Kier molecular flexibility index (Phi) is 4.37. The first-order valence-electron chi connectivity index (χ1n) is 6.58. The van der Waals surface area contributed by atoms with Gasteiger partial charge < -0.3 is 10.1 Å². The quantitative estimate of drug-likeness (QED) is 0.736. The second-order valence-electron chi connectivity index (χ2n) is 4.86. The van der Waals surface area contributed by atoms with Crippen LogP contribution in [0.2, 0.25) is 0 Å². The summed E-state index contributed by atoms with van der Waals surface area (Å²) in [4.78, 5) is 4.34. The third kappa shape index (κ3) is 4.00. The SMILES string of the molecule is CCCNCc1cnc(C)cc1OCC1CC1. The second-order valence-corrected chi connectivity index (χ2v) is 4.86. The molecule has 3 nitrogen and oxygen atoms in total. The lowest BCUT2D eigenvalue weighted by molar-refractivity contribution is 0.295. The lowest BCUT2D eigenvalue weighted by atomic mass is 10.2. The van der Waals surface area contributed by atoms with E-state index in [2.05, 4.69) is 17.2 Å². The topological polar surface area (TPSA) is 34.2 Å². The van der Waals surface area contributed by atoms with Gasteiger partial charge in [-0.15, -0.1) is 0 Å². The minimum Gasteiger partial charge on any atom is -0.493 e. The lowest BCUT2D eigenvalue weighted by Gasteiger charge is -2.12. The van der Waals surface area contributed by atoms with Crippen LogP contribution >= 0.6 is 0 Å². The van der Waals surface area contributed by atoms with Crippen LogP contribution in [0.25, 0.3) is 0 Å². The Balaban J connectivity index is 1.95. The molecule has 0 aliphatic heterocycles. The Labute approximate surface area is 104 Å². The van der Waals surface area contributed by atoms with E-state index in [0.717, 1.165) is 43.5 Å². The van der Waals surface area contributed by atoms with Gasteiger partial charge in [-0.3, -0.25) is 4.98 Å². The predicted octanol–water partition coefficient (Wildman–Crippen LogP) is 2.68. The van der Waals surface area contributed by atoms with Gasteiger partial charge in [-0.1, -0.05) is 6.92 Å². The molecule has 1 fully saturated rings. The fourth-order valence-electron chi connectivity index (χ4n) is 1.72. The molecule has 17 heavy (non-hydrogen) atoms. The highest BCUT2D eigenvalue weighted by Gasteiger charge is 2.22. The molecule has 1 saturated carbocycles. The molecule has 2 rings (SSSR count). The van der Waals surface area contributed by atoms with Crippen molar-refractivity contribution in [1.82, 2.24) is 10.3 Å². The molecule has 1 heterocycles. The maximum absolute atomic E-state index is 5.89. The van der Waals surface area contributed by atoms with Crippen LogP contribution in [0.4, 0.5) is 0 Å². The molecule has 0 unspecified atom stereocenters. The summed E-state index contributed by atoms with van der Waals surface area (Å²) in [6.45, 7) is 6.93. The molecule has 0 bridgehead atoms. The number of aryl methyl sites for hydroxylation is 1. The minimum atomic E-state index is 0.792. The lowest BCUT2D eigenvalue weighted by Crippen LogP contribution is -2.15. The maximum Gasteiger partial charge on any atom is 0.127 e. The number of aromatic nitrogens is 1. The molecular weight excluding hydrogens is 212 g/mol. The van der Waals surface area contributed by atoms with Crippen molar-refractivity contribution in [2.75, 3.05) is 13.2 Å². The number of rotatable bonds is 7. The zero-order valence-electron chi connectivity index (χ0n) is 10.8. The van der Waals surface area contributed by atoms with Crippen molar-refractivity contribution < 1.29 is 4.74 Å². The van der Waals surface area contributed by atoms with Crippen LogP contribution in [0.15, 0.2) is 12.3 Å². The van der Waals surface area contributed by atoms with E-state index in [1.165, 1.54) is 18.4 Å². The van der Waals surface area contributed by atoms with E-state index in [9.17, 15) is 0 Å². The van der Waals surface area contributed by atoms with E-state index in [1.54, 1.807) is 0 Å². The summed E-state index contributed by atoms with van der Waals surface area (Å²) >= 11 is 0. The van der Waals surface area contributed by atoms with Gasteiger partial charge in [0.05, 0.1) is 6.61 Å². The summed E-state index contributed by atoms with van der Waals surface area (Å²) in [6.07, 6.45) is 5.73. The van der Waals surface area contributed by atoms with E-state index in [4.69, 9.17) is 4.74 Å². The average Bonchev–Trinajstić information content (AvgIpc) is 3.13. The van der Waals surface area contributed by atoms with Gasteiger partial charge in [-0.2, -0.15) is 0 Å². The summed E-state index contributed by atoms with van der Waals surface area (Å²) in [7, 11) is 0. The van der Waals surface area contributed by atoms with Gasteiger partial charge in [0.2, 0.25) is 0 Å². The highest BCUT2D eigenvalue weighted by Crippen LogP contribution is 2.30. The van der Waals surface area contributed by atoms with Gasteiger partial charge in [0.25, 0.3) is 0 Å². The van der Waals surface area contributed by atoms with Crippen LogP contribution in [0, 0.1) is 12.8 Å². The van der Waals surface area contributed by atoms with Crippen LogP contribution < -0.4 is 10.1 Å². The van der Waals surface area contributed by atoms with Crippen LogP contribution in [-0.4, -0.2) is 18.1 Å². The molecule has 1 aromatic rings. The normalized spacial score (nSPS) is 14.9. The average molecular weight is 234 g/mol. The van der Waals surface area contributed by atoms with E-state index in [1.807, 2.05) is 19.2 Å². The molecule has 1 aliphatic carbocycles. The van der Waals surface area contributed by atoms with Gasteiger partial charge in [0.15, 0.2) is 0 Å². The first kappa shape index (κ1) is 12.4. The van der Waals surface area contributed by atoms with Crippen molar-refractivity contribution >= 4 is 0 Å². The predicted molar refractivity (Wildman–Crippen MR) is 69.2 cm³/mol. The molecule has 0 spiro atoms. The number of nitrogens with zero attached hydrogens (tertiary/aromatic N) is 1. The highest BCUT2D eigenvalue weighted by molar-refractivity contribution is 5.32. The summed E-state index contributed by atoms with van der Waals surface area (Å²) in [6, 6.07) is 2.05. The molecule has 1 aliphatic rings. The Bertz CT molecular complexity index is 361. The van der Waals surface area contributed by atoms with E-state index in [0.29, 0.717) is 0 Å². The van der Waals surface area contributed by atoms with E-state index < -0.39 is 0 Å². The Morgan fingerprint density at radius 3 is 3.00 bits per heavy atom. The molecule has 1 N–H and O–H groups in total.